The zero-order valence-electron chi connectivity index (χ0n) is 9.09. The van der Waals surface area contributed by atoms with E-state index in [0.717, 1.165) is 12.8 Å². The Morgan fingerprint density at radius 2 is 2.44 bits per heavy atom. The predicted octanol–water partition coefficient (Wildman–Crippen LogP) is -0.780. The highest BCUT2D eigenvalue weighted by Crippen LogP contribution is 2.13. The molecule has 1 saturated heterocycles. The first-order valence-electron chi connectivity index (χ1n) is 5.03. The lowest BCUT2D eigenvalue weighted by Gasteiger charge is -2.15. The van der Waals surface area contributed by atoms with E-state index in [1.165, 1.54) is 6.92 Å². The Balaban J connectivity index is 2.50. The second-order valence-corrected chi connectivity index (χ2v) is 5.58. The molecule has 2 unspecified atom stereocenters. The van der Waals surface area contributed by atoms with Gasteiger partial charge in [0.25, 0.3) is 0 Å². The molecule has 1 heterocycles. The monoisotopic (exact) mass is 251 g/mol. The second kappa shape index (κ2) is 5.46. The van der Waals surface area contributed by atoms with Gasteiger partial charge in [-0.05, 0) is 19.8 Å². The Labute approximate surface area is 94.7 Å². The van der Waals surface area contributed by atoms with Crippen LogP contribution in [0.5, 0.6) is 0 Å². The Morgan fingerprint density at radius 3 is 2.94 bits per heavy atom. The lowest BCUT2D eigenvalue weighted by Crippen LogP contribution is -2.44. The Bertz CT molecular complexity index is 348. The lowest BCUT2D eigenvalue weighted by molar-refractivity contribution is 0.127. The standard InChI is InChI=1S/C8H17N3O4S/c1-6(8(9)10-12)11-16(13,14)5-7-3-2-4-15-7/h6-7,11-12H,2-5H2,1H3,(H2,9,10). The Kier molecular flexibility index (Phi) is 4.51. The molecule has 0 aromatic heterocycles. The summed E-state index contributed by atoms with van der Waals surface area (Å²) in [4.78, 5) is 0. The molecule has 0 aromatic rings. The van der Waals surface area contributed by atoms with Crippen molar-refractivity contribution in [2.75, 3.05) is 12.4 Å². The molecule has 0 amide bonds. The van der Waals surface area contributed by atoms with Crippen LogP contribution in [-0.2, 0) is 14.8 Å². The van der Waals surface area contributed by atoms with Crippen molar-refractivity contribution in [2.45, 2.75) is 31.9 Å². The first-order chi connectivity index (χ1) is 7.44. The van der Waals surface area contributed by atoms with Crippen molar-refractivity contribution < 1.29 is 18.4 Å². The minimum absolute atomic E-state index is 0.0873. The van der Waals surface area contributed by atoms with Crippen molar-refractivity contribution >= 4 is 15.9 Å². The highest BCUT2D eigenvalue weighted by atomic mass is 32.2. The van der Waals surface area contributed by atoms with Crippen molar-refractivity contribution in [1.82, 2.24) is 4.72 Å². The number of hydrogen-bond acceptors (Lipinski definition) is 5. The van der Waals surface area contributed by atoms with Gasteiger partial charge in [-0.15, -0.1) is 0 Å². The topological polar surface area (TPSA) is 114 Å². The summed E-state index contributed by atoms with van der Waals surface area (Å²) in [5.74, 6) is -0.258. The fourth-order valence-electron chi connectivity index (χ4n) is 1.48. The van der Waals surface area contributed by atoms with Crippen LogP contribution in [-0.4, -0.2) is 44.0 Å². The summed E-state index contributed by atoms with van der Waals surface area (Å²) in [6.45, 7) is 2.11. The molecule has 4 N–H and O–H groups in total. The number of ether oxygens (including phenoxy) is 1. The number of oxime groups is 1. The average Bonchev–Trinajstić information content (AvgIpc) is 2.67. The largest absolute Gasteiger partial charge is 0.409 e. The van der Waals surface area contributed by atoms with E-state index in [1.807, 2.05) is 0 Å². The molecular formula is C8H17N3O4S. The summed E-state index contributed by atoms with van der Waals surface area (Å²) in [7, 11) is -3.47. The first-order valence-corrected chi connectivity index (χ1v) is 6.69. The summed E-state index contributed by atoms with van der Waals surface area (Å²) in [6, 6.07) is -0.726. The SMILES string of the molecule is CC(NS(=O)(=O)CC1CCCO1)C(N)=NO. The third-order valence-corrected chi connectivity index (χ3v) is 3.87. The highest BCUT2D eigenvalue weighted by Gasteiger charge is 2.25. The van der Waals surface area contributed by atoms with Gasteiger partial charge in [-0.25, -0.2) is 13.1 Å². The van der Waals surface area contributed by atoms with E-state index in [0.29, 0.717) is 6.61 Å². The van der Waals surface area contributed by atoms with Crippen LogP contribution in [0, 0.1) is 0 Å². The number of rotatable bonds is 5. The van der Waals surface area contributed by atoms with Gasteiger partial charge in [0.15, 0.2) is 5.84 Å². The molecule has 0 bridgehead atoms. The zero-order chi connectivity index (χ0) is 12.2. The van der Waals surface area contributed by atoms with Crippen molar-refractivity contribution in [3.05, 3.63) is 0 Å². The molecule has 0 radical (unpaired) electrons. The van der Waals surface area contributed by atoms with Crippen molar-refractivity contribution in [2.24, 2.45) is 10.9 Å². The molecule has 2 atom stereocenters. The Hall–Kier alpha value is -0.860. The molecular weight excluding hydrogens is 234 g/mol. The number of nitrogens with two attached hydrogens (primary N) is 1. The van der Waals surface area contributed by atoms with Crippen LogP contribution in [0.1, 0.15) is 19.8 Å². The van der Waals surface area contributed by atoms with Gasteiger partial charge in [-0.1, -0.05) is 5.16 Å². The van der Waals surface area contributed by atoms with Gasteiger partial charge in [0.2, 0.25) is 10.0 Å². The van der Waals surface area contributed by atoms with Crippen LogP contribution in [0.4, 0.5) is 0 Å². The van der Waals surface area contributed by atoms with Gasteiger partial charge in [0.05, 0.1) is 17.9 Å². The highest BCUT2D eigenvalue weighted by molar-refractivity contribution is 7.89. The molecule has 0 aliphatic carbocycles. The van der Waals surface area contributed by atoms with Crippen molar-refractivity contribution in [3.8, 4) is 0 Å². The maximum absolute atomic E-state index is 11.6. The number of sulfonamides is 1. The van der Waals surface area contributed by atoms with E-state index in [2.05, 4.69) is 9.88 Å². The molecule has 8 heteroatoms. The maximum atomic E-state index is 11.6. The third kappa shape index (κ3) is 3.95. The summed E-state index contributed by atoms with van der Waals surface area (Å²) >= 11 is 0. The summed E-state index contributed by atoms with van der Waals surface area (Å²) in [6.07, 6.45) is 1.38. The minimum Gasteiger partial charge on any atom is -0.409 e. The van der Waals surface area contributed by atoms with E-state index < -0.39 is 16.1 Å². The van der Waals surface area contributed by atoms with Crippen LogP contribution in [0.15, 0.2) is 5.16 Å². The van der Waals surface area contributed by atoms with E-state index in [4.69, 9.17) is 15.7 Å². The lowest BCUT2D eigenvalue weighted by atomic mass is 10.3. The van der Waals surface area contributed by atoms with Gasteiger partial charge < -0.3 is 15.7 Å². The van der Waals surface area contributed by atoms with E-state index in [9.17, 15) is 8.42 Å². The maximum Gasteiger partial charge on any atom is 0.214 e. The van der Waals surface area contributed by atoms with Crippen LogP contribution < -0.4 is 10.5 Å². The zero-order valence-corrected chi connectivity index (χ0v) is 9.90. The number of amidine groups is 1. The number of hydrogen-bond donors (Lipinski definition) is 3. The van der Waals surface area contributed by atoms with Gasteiger partial charge in [0, 0.05) is 6.61 Å². The van der Waals surface area contributed by atoms with E-state index >= 15 is 0 Å². The fourth-order valence-corrected chi connectivity index (χ4v) is 2.99. The molecule has 94 valence electrons. The summed E-state index contributed by atoms with van der Waals surface area (Å²) in [5.41, 5.74) is 5.27. The molecule has 0 saturated carbocycles. The molecule has 1 aliphatic heterocycles. The van der Waals surface area contributed by atoms with E-state index in [1.54, 1.807) is 0 Å². The third-order valence-electron chi connectivity index (χ3n) is 2.34. The smallest absolute Gasteiger partial charge is 0.214 e. The van der Waals surface area contributed by atoms with E-state index in [-0.39, 0.29) is 17.7 Å². The summed E-state index contributed by atoms with van der Waals surface area (Å²) in [5, 5.41) is 11.1. The van der Waals surface area contributed by atoms with Gasteiger partial charge in [-0.3, -0.25) is 0 Å². The first kappa shape index (κ1) is 13.2. The normalized spacial score (nSPS) is 24.6. The molecule has 0 spiro atoms. The predicted molar refractivity (Wildman–Crippen MR) is 58.8 cm³/mol. The van der Waals surface area contributed by atoms with Crippen LogP contribution >= 0.6 is 0 Å². The quantitative estimate of drug-likeness (QED) is 0.257. The van der Waals surface area contributed by atoms with Gasteiger partial charge in [-0.2, -0.15) is 0 Å². The molecule has 1 fully saturated rings. The Morgan fingerprint density at radius 1 is 1.75 bits per heavy atom. The number of nitrogens with one attached hydrogen (secondary N) is 1. The van der Waals surface area contributed by atoms with Crippen LogP contribution in [0.2, 0.25) is 0 Å². The molecule has 16 heavy (non-hydrogen) atoms. The molecule has 7 nitrogen and oxygen atoms in total. The van der Waals surface area contributed by atoms with Crippen LogP contribution in [0.3, 0.4) is 0 Å². The number of nitrogens with zero attached hydrogens (tertiary/aromatic N) is 1. The molecule has 1 rings (SSSR count). The van der Waals surface area contributed by atoms with Crippen molar-refractivity contribution in [3.63, 3.8) is 0 Å². The van der Waals surface area contributed by atoms with Crippen LogP contribution in [0.25, 0.3) is 0 Å². The second-order valence-electron chi connectivity index (χ2n) is 3.78. The van der Waals surface area contributed by atoms with Gasteiger partial charge in [0.1, 0.15) is 0 Å². The van der Waals surface area contributed by atoms with Gasteiger partial charge >= 0.3 is 0 Å². The van der Waals surface area contributed by atoms with Crippen molar-refractivity contribution in [1.29, 1.82) is 0 Å². The summed E-state index contributed by atoms with van der Waals surface area (Å²) < 4.78 is 30.8. The average molecular weight is 251 g/mol. The fraction of sp³-hybridized carbons (Fsp3) is 0.875. The molecule has 1 aliphatic rings. The molecule has 0 aromatic carbocycles. The minimum atomic E-state index is -3.47.